The maximum absolute atomic E-state index is 10.5. The number of aromatic nitrogens is 2. The Bertz CT molecular complexity index is 865. The van der Waals surface area contributed by atoms with E-state index in [1.54, 1.807) is 7.11 Å². The number of rotatable bonds is 10. The number of aliphatic hydroxyl groups is 2. The average molecular weight is 371 g/mol. The highest BCUT2D eigenvalue weighted by Gasteiger charge is 2.14. The van der Waals surface area contributed by atoms with Crippen molar-refractivity contribution in [1.29, 1.82) is 0 Å². The van der Waals surface area contributed by atoms with Gasteiger partial charge in [-0.15, -0.1) is 0 Å². The van der Waals surface area contributed by atoms with E-state index in [1.165, 1.54) is 0 Å². The summed E-state index contributed by atoms with van der Waals surface area (Å²) in [5, 5.41) is 22.6. The van der Waals surface area contributed by atoms with Crippen molar-refractivity contribution in [2.45, 2.75) is 19.3 Å². The van der Waals surface area contributed by atoms with Crippen molar-refractivity contribution in [1.82, 2.24) is 9.55 Å². The maximum Gasteiger partial charge on any atom is 0.204 e. The van der Waals surface area contributed by atoms with E-state index in [1.807, 2.05) is 53.1 Å². The fraction of sp³-hybridized carbons (Fsp3) is 0.350. The number of nitrogens with zero attached hydrogens (tertiary/aromatic N) is 2. The summed E-state index contributed by atoms with van der Waals surface area (Å²) >= 11 is 0. The topological polar surface area (TPSA) is 88.8 Å². The van der Waals surface area contributed by atoms with Crippen molar-refractivity contribution in [3.8, 4) is 5.75 Å². The number of benzene rings is 2. The van der Waals surface area contributed by atoms with E-state index in [2.05, 4.69) is 10.3 Å². The van der Waals surface area contributed by atoms with Crippen LogP contribution in [0.1, 0.15) is 5.56 Å². The molecule has 1 atom stereocenters. The number of ether oxygens (including phenoxy) is 2. The molecule has 0 aliphatic rings. The standard InChI is InChI=1S/C20H25N3O4/c1-26-19-9-5-2-6-15(19)13-27-14-16(25)12-23-18-8-4-3-7-17(18)22-20(23)21-10-11-24/h2-9,16,24-25H,10-14H2,1H3,(H,21,22). The fourth-order valence-electron chi connectivity index (χ4n) is 2.95. The molecule has 27 heavy (non-hydrogen) atoms. The number of anilines is 1. The molecule has 1 aromatic heterocycles. The van der Waals surface area contributed by atoms with Crippen LogP contribution < -0.4 is 10.1 Å². The highest BCUT2D eigenvalue weighted by atomic mass is 16.5. The van der Waals surface area contributed by atoms with Crippen molar-refractivity contribution in [3.05, 3.63) is 54.1 Å². The Balaban J connectivity index is 1.64. The first-order chi connectivity index (χ1) is 13.2. The molecule has 3 rings (SSSR count). The van der Waals surface area contributed by atoms with Gasteiger partial charge in [0.1, 0.15) is 5.75 Å². The largest absolute Gasteiger partial charge is 0.496 e. The predicted octanol–water partition coefficient (Wildman–Crippen LogP) is 2.03. The van der Waals surface area contributed by atoms with Gasteiger partial charge in [0, 0.05) is 12.1 Å². The molecule has 0 fully saturated rings. The first kappa shape index (κ1) is 19.2. The summed E-state index contributed by atoms with van der Waals surface area (Å²) in [6, 6.07) is 15.4. The van der Waals surface area contributed by atoms with Crippen molar-refractivity contribution in [2.75, 3.05) is 32.2 Å². The number of nitrogens with one attached hydrogen (secondary N) is 1. The zero-order valence-corrected chi connectivity index (χ0v) is 15.3. The maximum atomic E-state index is 10.5. The third kappa shape index (κ3) is 4.77. The number of imidazole rings is 1. The smallest absolute Gasteiger partial charge is 0.204 e. The van der Waals surface area contributed by atoms with Crippen LogP contribution in [0, 0.1) is 0 Å². The third-order valence-corrected chi connectivity index (χ3v) is 4.20. The molecular weight excluding hydrogens is 346 g/mol. The van der Waals surface area contributed by atoms with Gasteiger partial charge in [-0.25, -0.2) is 4.98 Å². The average Bonchev–Trinajstić information content (AvgIpc) is 3.04. The van der Waals surface area contributed by atoms with Crippen molar-refractivity contribution in [2.24, 2.45) is 0 Å². The summed E-state index contributed by atoms with van der Waals surface area (Å²) in [5.41, 5.74) is 2.69. The second kappa shape index (κ2) is 9.36. The molecule has 0 saturated carbocycles. The SMILES string of the molecule is COc1ccccc1COCC(O)Cn1c(NCCO)nc2ccccc21. The second-order valence-corrected chi connectivity index (χ2v) is 6.17. The number of fused-ring (bicyclic) bond motifs is 1. The minimum Gasteiger partial charge on any atom is -0.496 e. The molecule has 0 aliphatic heterocycles. The van der Waals surface area contributed by atoms with Crippen LogP contribution in [0.3, 0.4) is 0 Å². The Morgan fingerprint density at radius 3 is 2.74 bits per heavy atom. The molecule has 0 radical (unpaired) electrons. The van der Waals surface area contributed by atoms with Crippen LogP contribution in [0.2, 0.25) is 0 Å². The van der Waals surface area contributed by atoms with Gasteiger partial charge in [0.2, 0.25) is 5.95 Å². The second-order valence-electron chi connectivity index (χ2n) is 6.17. The predicted molar refractivity (Wildman–Crippen MR) is 104 cm³/mol. The first-order valence-electron chi connectivity index (χ1n) is 8.90. The van der Waals surface area contributed by atoms with E-state index in [4.69, 9.17) is 14.6 Å². The zero-order chi connectivity index (χ0) is 19.1. The van der Waals surface area contributed by atoms with E-state index < -0.39 is 6.10 Å². The quantitative estimate of drug-likeness (QED) is 0.505. The minimum absolute atomic E-state index is 0.00772. The van der Waals surface area contributed by atoms with Gasteiger partial charge in [-0.05, 0) is 18.2 Å². The lowest BCUT2D eigenvalue weighted by molar-refractivity contribution is 0.0205. The lowest BCUT2D eigenvalue weighted by Gasteiger charge is -2.16. The molecular formula is C20H25N3O4. The van der Waals surface area contributed by atoms with Gasteiger partial charge < -0.3 is 29.6 Å². The monoisotopic (exact) mass is 371 g/mol. The van der Waals surface area contributed by atoms with Crippen LogP contribution in [-0.4, -0.2) is 52.7 Å². The number of para-hydroxylation sites is 3. The molecule has 0 spiro atoms. The summed E-state index contributed by atoms with van der Waals surface area (Å²) in [4.78, 5) is 4.53. The highest BCUT2D eigenvalue weighted by molar-refractivity contribution is 5.78. The number of hydrogen-bond donors (Lipinski definition) is 3. The van der Waals surface area contributed by atoms with Gasteiger partial charge in [-0.3, -0.25) is 0 Å². The molecule has 7 heteroatoms. The van der Waals surface area contributed by atoms with Crippen LogP contribution in [0.25, 0.3) is 11.0 Å². The summed E-state index contributed by atoms with van der Waals surface area (Å²) in [5.74, 6) is 1.39. The van der Waals surface area contributed by atoms with Gasteiger partial charge in [0.15, 0.2) is 0 Å². The van der Waals surface area contributed by atoms with Crippen LogP contribution in [0.4, 0.5) is 5.95 Å². The van der Waals surface area contributed by atoms with Gasteiger partial charge >= 0.3 is 0 Å². The van der Waals surface area contributed by atoms with Gasteiger partial charge in [-0.2, -0.15) is 0 Å². The molecule has 2 aromatic carbocycles. The Labute approximate surface area is 158 Å². The molecule has 7 nitrogen and oxygen atoms in total. The molecule has 1 heterocycles. The first-order valence-corrected chi connectivity index (χ1v) is 8.90. The Hall–Kier alpha value is -2.61. The van der Waals surface area contributed by atoms with Gasteiger partial charge in [0.05, 0.1) is 50.6 Å². The third-order valence-electron chi connectivity index (χ3n) is 4.20. The van der Waals surface area contributed by atoms with Gasteiger partial charge in [-0.1, -0.05) is 30.3 Å². The normalized spacial score (nSPS) is 12.3. The van der Waals surface area contributed by atoms with E-state index >= 15 is 0 Å². The summed E-state index contributed by atoms with van der Waals surface area (Å²) < 4.78 is 12.9. The fourth-order valence-corrected chi connectivity index (χ4v) is 2.95. The van der Waals surface area contributed by atoms with Crippen molar-refractivity contribution in [3.63, 3.8) is 0 Å². The number of methoxy groups -OCH3 is 1. The highest BCUT2D eigenvalue weighted by Crippen LogP contribution is 2.21. The number of aliphatic hydroxyl groups excluding tert-OH is 2. The molecule has 0 aliphatic carbocycles. The molecule has 0 amide bonds. The summed E-state index contributed by atoms with van der Waals surface area (Å²) in [7, 11) is 1.62. The Kier molecular flexibility index (Phi) is 6.64. The molecule has 144 valence electrons. The van der Waals surface area contributed by atoms with Crippen molar-refractivity contribution >= 4 is 17.0 Å². The number of hydrogen-bond acceptors (Lipinski definition) is 6. The van der Waals surface area contributed by atoms with Crippen LogP contribution in [-0.2, 0) is 17.9 Å². The molecule has 3 N–H and O–H groups in total. The van der Waals surface area contributed by atoms with Crippen LogP contribution in [0.15, 0.2) is 48.5 Å². The van der Waals surface area contributed by atoms with Gasteiger partial charge in [0.25, 0.3) is 0 Å². The molecule has 0 saturated heterocycles. The Morgan fingerprint density at radius 1 is 1.15 bits per heavy atom. The lowest BCUT2D eigenvalue weighted by Crippen LogP contribution is -2.23. The Morgan fingerprint density at radius 2 is 1.93 bits per heavy atom. The van der Waals surface area contributed by atoms with E-state index in [0.29, 0.717) is 25.6 Å². The van der Waals surface area contributed by atoms with E-state index in [9.17, 15) is 5.11 Å². The lowest BCUT2D eigenvalue weighted by atomic mass is 10.2. The molecule has 1 unspecified atom stereocenters. The van der Waals surface area contributed by atoms with E-state index in [-0.39, 0.29) is 13.2 Å². The minimum atomic E-state index is -0.702. The summed E-state index contributed by atoms with van der Waals surface area (Å²) in [6.45, 7) is 1.28. The molecule has 3 aromatic rings. The van der Waals surface area contributed by atoms with Crippen LogP contribution >= 0.6 is 0 Å². The zero-order valence-electron chi connectivity index (χ0n) is 15.3. The van der Waals surface area contributed by atoms with Crippen molar-refractivity contribution < 1.29 is 19.7 Å². The van der Waals surface area contributed by atoms with Crippen LogP contribution in [0.5, 0.6) is 5.75 Å². The summed E-state index contributed by atoms with van der Waals surface area (Å²) in [6.07, 6.45) is -0.702. The van der Waals surface area contributed by atoms with E-state index in [0.717, 1.165) is 22.3 Å². The molecule has 0 bridgehead atoms.